The third kappa shape index (κ3) is 4.42. The topological polar surface area (TPSA) is 66.9 Å². The van der Waals surface area contributed by atoms with E-state index in [0.717, 1.165) is 5.56 Å². The highest BCUT2D eigenvalue weighted by atomic mass is 16.1. The highest BCUT2D eigenvalue weighted by Crippen LogP contribution is 2.05. The molecule has 0 aliphatic carbocycles. The van der Waals surface area contributed by atoms with Gasteiger partial charge in [0.2, 0.25) is 0 Å². The maximum absolute atomic E-state index is 12.0. The summed E-state index contributed by atoms with van der Waals surface area (Å²) in [5.74, 6) is 0.379. The van der Waals surface area contributed by atoms with E-state index in [4.69, 9.17) is 0 Å². The Morgan fingerprint density at radius 1 is 1.29 bits per heavy atom. The third-order valence-electron chi connectivity index (χ3n) is 2.86. The van der Waals surface area contributed by atoms with Gasteiger partial charge in [-0.3, -0.25) is 4.79 Å². The van der Waals surface area contributed by atoms with Gasteiger partial charge in [-0.05, 0) is 24.6 Å². The van der Waals surface area contributed by atoms with Gasteiger partial charge in [-0.25, -0.2) is 0 Å². The molecule has 21 heavy (non-hydrogen) atoms. The number of nitrogens with one attached hydrogen (secondary N) is 2. The Bertz CT molecular complexity index is 622. The van der Waals surface area contributed by atoms with E-state index in [0.29, 0.717) is 24.6 Å². The molecule has 0 aliphatic rings. The molecule has 0 saturated heterocycles. The smallest absolute Gasteiger partial charge is 0.272 e. The number of aromatic nitrogens is 2. The van der Waals surface area contributed by atoms with Crippen LogP contribution in [-0.2, 0) is 6.54 Å². The van der Waals surface area contributed by atoms with Crippen molar-refractivity contribution in [2.75, 3.05) is 11.9 Å². The lowest BCUT2D eigenvalue weighted by atomic mass is 10.1. The fraction of sp³-hybridized carbons (Fsp3) is 0.188. The minimum Gasteiger partial charge on any atom is -0.365 e. The molecule has 0 bridgehead atoms. The summed E-state index contributed by atoms with van der Waals surface area (Å²) in [4.78, 5) is 12.0. The molecule has 0 unspecified atom stereocenters. The molecule has 2 rings (SSSR count). The average molecular weight is 282 g/mol. The van der Waals surface area contributed by atoms with E-state index in [1.54, 1.807) is 18.2 Å². The van der Waals surface area contributed by atoms with Gasteiger partial charge in [0.15, 0.2) is 5.69 Å². The predicted molar refractivity (Wildman–Crippen MR) is 83.1 cm³/mol. The first-order valence-corrected chi connectivity index (χ1v) is 6.71. The molecule has 1 aromatic heterocycles. The lowest BCUT2D eigenvalue weighted by Crippen LogP contribution is -2.24. The molecule has 2 aromatic rings. The number of hydrogen-bond acceptors (Lipinski definition) is 4. The summed E-state index contributed by atoms with van der Waals surface area (Å²) in [5, 5.41) is 13.7. The molecule has 0 spiro atoms. The quantitative estimate of drug-likeness (QED) is 0.798. The van der Waals surface area contributed by atoms with Crippen LogP contribution in [0.2, 0.25) is 0 Å². The van der Waals surface area contributed by atoms with Crippen molar-refractivity contribution < 1.29 is 4.79 Å². The maximum Gasteiger partial charge on any atom is 0.272 e. The van der Waals surface area contributed by atoms with Crippen molar-refractivity contribution in [3.63, 3.8) is 0 Å². The normalized spacial score (nSPS) is 9.95. The van der Waals surface area contributed by atoms with E-state index in [2.05, 4.69) is 27.4 Å². The lowest BCUT2D eigenvalue weighted by Gasteiger charge is -2.06. The summed E-state index contributed by atoms with van der Waals surface area (Å²) in [6, 6.07) is 11.4. The summed E-state index contributed by atoms with van der Waals surface area (Å²) in [6.07, 6.45) is 1.73. The zero-order valence-electron chi connectivity index (χ0n) is 12.0. The van der Waals surface area contributed by atoms with Gasteiger partial charge in [-0.1, -0.05) is 35.9 Å². The number of anilines is 1. The summed E-state index contributed by atoms with van der Waals surface area (Å²) in [6.45, 7) is 6.70. The van der Waals surface area contributed by atoms with Gasteiger partial charge in [0, 0.05) is 13.1 Å². The molecule has 0 fully saturated rings. The summed E-state index contributed by atoms with van der Waals surface area (Å²) < 4.78 is 0. The molecule has 108 valence electrons. The molecule has 0 atom stereocenters. The SMILES string of the molecule is C=CCNc1ccc(C(=O)NCc2cccc(C)c2)nn1. The van der Waals surface area contributed by atoms with Crippen LogP contribution in [0.25, 0.3) is 0 Å². The Balaban J connectivity index is 1.92. The largest absolute Gasteiger partial charge is 0.365 e. The highest BCUT2D eigenvalue weighted by molar-refractivity contribution is 5.92. The second-order valence-electron chi connectivity index (χ2n) is 4.65. The van der Waals surface area contributed by atoms with E-state index < -0.39 is 0 Å². The van der Waals surface area contributed by atoms with E-state index in [1.165, 1.54) is 5.56 Å². The number of amides is 1. The van der Waals surface area contributed by atoms with Gasteiger partial charge in [-0.2, -0.15) is 0 Å². The summed E-state index contributed by atoms with van der Waals surface area (Å²) in [5.41, 5.74) is 2.52. The zero-order valence-corrected chi connectivity index (χ0v) is 12.0. The van der Waals surface area contributed by atoms with Crippen molar-refractivity contribution in [3.05, 3.63) is 65.9 Å². The van der Waals surface area contributed by atoms with Crippen LogP contribution in [0.5, 0.6) is 0 Å². The van der Waals surface area contributed by atoms with Crippen LogP contribution in [0.3, 0.4) is 0 Å². The maximum atomic E-state index is 12.0. The third-order valence-corrected chi connectivity index (χ3v) is 2.86. The van der Waals surface area contributed by atoms with E-state index >= 15 is 0 Å². The van der Waals surface area contributed by atoms with Gasteiger partial charge in [0.1, 0.15) is 5.82 Å². The predicted octanol–water partition coefficient (Wildman–Crippen LogP) is 2.31. The first-order chi connectivity index (χ1) is 10.2. The number of nitrogens with zero attached hydrogens (tertiary/aromatic N) is 2. The summed E-state index contributed by atoms with van der Waals surface area (Å²) in [7, 11) is 0. The average Bonchev–Trinajstić information content (AvgIpc) is 2.51. The first-order valence-electron chi connectivity index (χ1n) is 6.71. The van der Waals surface area contributed by atoms with Crippen molar-refractivity contribution >= 4 is 11.7 Å². The molecule has 5 nitrogen and oxygen atoms in total. The zero-order chi connectivity index (χ0) is 15.1. The number of aryl methyl sites for hydroxylation is 1. The second-order valence-corrected chi connectivity index (χ2v) is 4.65. The monoisotopic (exact) mass is 282 g/mol. The second kappa shape index (κ2) is 7.19. The molecular formula is C16H18N4O. The minimum absolute atomic E-state index is 0.237. The van der Waals surface area contributed by atoms with Crippen molar-refractivity contribution in [2.45, 2.75) is 13.5 Å². The Morgan fingerprint density at radius 2 is 2.14 bits per heavy atom. The van der Waals surface area contributed by atoms with Crippen LogP contribution < -0.4 is 10.6 Å². The molecule has 1 heterocycles. The van der Waals surface area contributed by atoms with E-state index in [-0.39, 0.29) is 5.91 Å². The number of hydrogen-bond donors (Lipinski definition) is 2. The van der Waals surface area contributed by atoms with Crippen LogP contribution in [0, 0.1) is 6.92 Å². The molecular weight excluding hydrogens is 264 g/mol. The molecule has 1 aromatic carbocycles. The molecule has 0 aliphatic heterocycles. The Morgan fingerprint density at radius 3 is 2.81 bits per heavy atom. The van der Waals surface area contributed by atoms with Gasteiger partial charge < -0.3 is 10.6 Å². The Hall–Kier alpha value is -2.69. The molecule has 0 radical (unpaired) electrons. The van der Waals surface area contributed by atoms with Gasteiger partial charge in [0.25, 0.3) is 5.91 Å². The first kappa shape index (κ1) is 14.7. The summed E-state index contributed by atoms with van der Waals surface area (Å²) >= 11 is 0. The fourth-order valence-electron chi connectivity index (χ4n) is 1.82. The van der Waals surface area contributed by atoms with Crippen molar-refractivity contribution in [2.24, 2.45) is 0 Å². The number of rotatable bonds is 6. The molecule has 2 N–H and O–H groups in total. The molecule has 1 amide bonds. The van der Waals surface area contributed by atoms with Crippen molar-refractivity contribution in [1.29, 1.82) is 0 Å². The van der Waals surface area contributed by atoms with E-state index in [9.17, 15) is 4.79 Å². The van der Waals surface area contributed by atoms with Crippen LogP contribution in [0.4, 0.5) is 5.82 Å². The van der Waals surface area contributed by atoms with E-state index in [1.807, 2.05) is 31.2 Å². The Labute approximate surface area is 124 Å². The Kier molecular flexibility index (Phi) is 5.04. The van der Waals surface area contributed by atoms with Crippen LogP contribution in [0.1, 0.15) is 21.6 Å². The number of benzene rings is 1. The van der Waals surface area contributed by atoms with Gasteiger partial charge in [-0.15, -0.1) is 16.8 Å². The minimum atomic E-state index is -0.237. The number of carbonyl (C=O) groups excluding carboxylic acids is 1. The van der Waals surface area contributed by atoms with Gasteiger partial charge >= 0.3 is 0 Å². The van der Waals surface area contributed by atoms with Crippen molar-refractivity contribution in [3.8, 4) is 0 Å². The molecule has 5 heteroatoms. The van der Waals surface area contributed by atoms with Crippen molar-refractivity contribution in [1.82, 2.24) is 15.5 Å². The lowest BCUT2D eigenvalue weighted by molar-refractivity contribution is 0.0945. The molecule has 0 saturated carbocycles. The fourth-order valence-corrected chi connectivity index (χ4v) is 1.82. The van der Waals surface area contributed by atoms with Crippen LogP contribution in [0.15, 0.2) is 49.1 Å². The van der Waals surface area contributed by atoms with Crippen LogP contribution in [-0.4, -0.2) is 22.6 Å². The van der Waals surface area contributed by atoms with Crippen LogP contribution >= 0.6 is 0 Å². The standard InChI is InChI=1S/C16H18N4O/c1-3-9-17-15-8-7-14(19-20-15)16(21)18-11-13-6-4-5-12(2)10-13/h3-8,10H,1,9,11H2,2H3,(H,17,20)(H,18,21). The highest BCUT2D eigenvalue weighted by Gasteiger charge is 2.07. The number of carbonyl (C=O) groups is 1. The van der Waals surface area contributed by atoms with Gasteiger partial charge in [0.05, 0.1) is 0 Å².